The van der Waals surface area contributed by atoms with Gasteiger partial charge < -0.3 is 5.32 Å². The summed E-state index contributed by atoms with van der Waals surface area (Å²) in [6, 6.07) is 2.01. The molecule has 0 saturated heterocycles. The minimum atomic E-state index is -3.56. The van der Waals surface area contributed by atoms with Gasteiger partial charge in [-0.25, -0.2) is 17.9 Å². The predicted molar refractivity (Wildman–Crippen MR) is 71.8 cm³/mol. The molecule has 19 heavy (non-hydrogen) atoms. The van der Waals surface area contributed by atoms with Crippen molar-refractivity contribution in [1.82, 2.24) is 0 Å². The van der Waals surface area contributed by atoms with Gasteiger partial charge in [-0.2, -0.15) is 0 Å². The van der Waals surface area contributed by atoms with Crippen LogP contribution in [-0.4, -0.2) is 25.6 Å². The molecule has 1 aromatic carbocycles. The normalized spacial score (nSPS) is 11.3. The lowest BCUT2D eigenvalue weighted by Gasteiger charge is -2.07. The molecule has 0 fully saturated rings. The van der Waals surface area contributed by atoms with Gasteiger partial charge >= 0.3 is 0 Å². The van der Waals surface area contributed by atoms with E-state index in [2.05, 4.69) is 21.2 Å². The molecule has 10 heteroatoms. The van der Waals surface area contributed by atoms with Crippen molar-refractivity contribution >= 4 is 37.3 Å². The lowest BCUT2D eigenvalue weighted by atomic mass is 10.2. The molecule has 0 unspecified atom stereocenters. The van der Waals surface area contributed by atoms with Crippen LogP contribution in [0.2, 0.25) is 0 Å². The zero-order valence-corrected chi connectivity index (χ0v) is 12.0. The largest absolute Gasteiger partial charge is 0.379 e. The summed E-state index contributed by atoms with van der Waals surface area (Å²) in [7, 11) is -3.56. The van der Waals surface area contributed by atoms with Crippen molar-refractivity contribution in [2.75, 3.05) is 17.6 Å². The topological polar surface area (TPSA) is 115 Å². The van der Waals surface area contributed by atoms with Gasteiger partial charge in [0.15, 0.2) is 0 Å². The molecule has 7 nitrogen and oxygen atoms in total. The number of hydrogen-bond donors (Lipinski definition) is 2. The number of benzene rings is 1. The highest BCUT2D eigenvalue weighted by Crippen LogP contribution is 2.30. The highest BCUT2D eigenvalue weighted by atomic mass is 79.9. The SMILES string of the molecule is NS(=O)(=O)CCCNc1cc(Br)c(F)cc1[N+](=O)[O-]. The fraction of sp³-hybridized carbons (Fsp3) is 0.333. The molecule has 106 valence electrons. The van der Waals surface area contributed by atoms with Crippen molar-refractivity contribution in [3.63, 3.8) is 0 Å². The summed E-state index contributed by atoms with van der Waals surface area (Å²) in [5.74, 6) is -0.988. The highest BCUT2D eigenvalue weighted by Gasteiger charge is 2.17. The van der Waals surface area contributed by atoms with Crippen molar-refractivity contribution in [3.8, 4) is 0 Å². The average Bonchev–Trinajstić information content (AvgIpc) is 2.27. The van der Waals surface area contributed by atoms with E-state index in [4.69, 9.17) is 5.14 Å². The molecule has 0 aliphatic carbocycles. The van der Waals surface area contributed by atoms with Crippen LogP contribution in [0.25, 0.3) is 0 Å². The summed E-state index contributed by atoms with van der Waals surface area (Å²) >= 11 is 2.92. The number of nitrogens with two attached hydrogens (primary N) is 1. The number of anilines is 1. The number of nitrogens with zero attached hydrogens (tertiary/aromatic N) is 1. The Kier molecular flexibility index (Phi) is 5.20. The van der Waals surface area contributed by atoms with Gasteiger partial charge in [-0.1, -0.05) is 0 Å². The highest BCUT2D eigenvalue weighted by molar-refractivity contribution is 9.10. The van der Waals surface area contributed by atoms with Crippen LogP contribution in [0.15, 0.2) is 16.6 Å². The van der Waals surface area contributed by atoms with E-state index < -0.39 is 26.5 Å². The van der Waals surface area contributed by atoms with Gasteiger partial charge in [0.1, 0.15) is 11.5 Å². The Morgan fingerprint density at radius 3 is 2.63 bits per heavy atom. The lowest BCUT2D eigenvalue weighted by molar-refractivity contribution is -0.384. The van der Waals surface area contributed by atoms with Gasteiger partial charge in [0.25, 0.3) is 5.69 Å². The molecule has 1 aromatic rings. The zero-order chi connectivity index (χ0) is 14.6. The summed E-state index contributed by atoms with van der Waals surface area (Å²) in [6.45, 7) is 0.162. The minimum absolute atomic E-state index is 0.0760. The number of nitrogens with one attached hydrogen (secondary N) is 1. The first-order chi connectivity index (χ1) is 8.70. The van der Waals surface area contributed by atoms with Gasteiger partial charge in [-0.15, -0.1) is 0 Å². The molecular formula is C9H11BrFN3O4S. The second-order valence-corrected chi connectivity index (χ2v) is 6.28. The van der Waals surface area contributed by atoms with Crippen LogP contribution in [-0.2, 0) is 10.0 Å². The fourth-order valence-corrected chi connectivity index (χ4v) is 2.22. The molecule has 0 heterocycles. The third-order valence-corrected chi connectivity index (χ3v) is 3.62. The van der Waals surface area contributed by atoms with Gasteiger partial charge in [0.2, 0.25) is 10.0 Å². The maximum absolute atomic E-state index is 13.2. The minimum Gasteiger partial charge on any atom is -0.379 e. The Bertz CT molecular complexity index is 593. The number of nitro benzene ring substituents is 1. The van der Waals surface area contributed by atoms with Gasteiger partial charge in [-0.05, 0) is 28.4 Å². The van der Waals surface area contributed by atoms with Crippen molar-refractivity contribution in [2.24, 2.45) is 5.14 Å². The van der Waals surface area contributed by atoms with E-state index in [1.807, 2.05) is 0 Å². The van der Waals surface area contributed by atoms with Crippen molar-refractivity contribution in [3.05, 3.63) is 32.5 Å². The maximum atomic E-state index is 13.2. The van der Waals surface area contributed by atoms with Gasteiger partial charge in [0, 0.05) is 6.54 Å². The summed E-state index contributed by atoms with van der Waals surface area (Å²) in [4.78, 5) is 10.0. The Morgan fingerprint density at radius 1 is 1.47 bits per heavy atom. The van der Waals surface area contributed by atoms with Crippen LogP contribution < -0.4 is 10.5 Å². The van der Waals surface area contributed by atoms with Crippen LogP contribution in [0.4, 0.5) is 15.8 Å². The van der Waals surface area contributed by atoms with E-state index in [1.165, 1.54) is 6.07 Å². The molecule has 0 bridgehead atoms. The van der Waals surface area contributed by atoms with E-state index in [0.29, 0.717) is 0 Å². The van der Waals surface area contributed by atoms with E-state index in [1.54, 1.807) is 0 Å². The maximum Gasteiger partial charge on any atom is 0.295 e. The molecule has 0 radical (unpaired) electrons. The summed E-state index contributed by atoms with van der Waals surface area (Å²) < 4.78 is 34.7. The lowest BCUT2D eigenvalue weighted by Crippen LogP contribution is -2.18. The Balaban J connectivity index is 2.77. The van der Waals surface area contributed by atoms with E-state index in [0.717, 1.165) is 6.07 Å². The molecular weight excluding hydrogens is 345 g/mol. The molecule has 1 rings (SSSR count). The van der Waals surface area contributed by atoms with Crippen LogP contribution in [0, 0.1) is 15.9 Å². The van der Waals surface area contributed by atoms with Crippen LogP contribution >= 0.6 is 15.9 Å². The zero-order valence-electron chi connectivity index (χ0n) is 9.60. The van der Waals surface area contributed by atoms with Crippen LogP contribution in [0.5, 0.6) is 0 Å². The van der Waals surface area contributed by atoms with Crippen molar-refractivity contribution in [2.45, 2.75) is 6.42 Å². The van der Waals surface area contributed by atoms with E-state index >= 15 is 0 Å². The first-order valence-electron chi connectivity index (χ1n) is 5.08. The Hall–Kier alpha value is -1.26. The second kappa shape index (κ2) is 6.26. The van der Waals surface area contributed by atoms with Gasteiger partial charge in [-0.3, -0.25) is 10.1 Å². The number of hydrogen-bond acceptors (Lipinski definition) is 5. The number of sulfonamides is 1. The first kappa shape index (κ1) is 15.8. The third kappa shape index (κ3) is 5.09. The Morgan fingerprint density at radius 2 is 2.11 bits per heavy atom. The standard InChI is InChI=1S/C9H11BrFN3O4S/c10-6-4-8(9(14(15)16)5-7(6)11)13-2-1-3-19(12,17)18/h4-5,13H,1-3H2,(H2,12,17,18). The van der Waals surface area contributed by atoms with Crippen molar-refractivity contribution < 1.29 is 17.7 Å². The van der Waals surface area contributed by atoms with Crippen LogP contribution in [0.3, 0.4) is 0 Å². The summed E-state index contributed by atoms with van der Waals surface area (Å²) in [5.41, 5.74) is -0.316. The number of rotatable bonds is 6. The molecule has 0 amide bonds. The monoisotopic (exact) mass is 355 g/mol. The first-order valence-corrected chi connectivity index (χ1v) is 7.59. The molecule has 0 saturated carbocycles. The molecule has 0 aliphatic heterocycles. The number of nitro groups is 1. The summed E-state index contributed by atoms with van der Waals surface area (Å²) in [5, 5.41) is 18.2. The molecule has 0 aliphatic rings. The third-order valence-electron chi connectivity index (χ3n) is 2.16. The summed E-state index contributed by atoms with van der Waals surface area (Å²) in [6.07, 6.45) is 0.185. The molecule has 0 aromatic heterocycles. The Labute approximate surface area is 117 Å². The average molecular weight is 356 g/mol. The van der Waals surface area contributed by atoms with Crippen LogP contribution in [0.1, 0.15) is 6.42 Å². The number of primary sulfonamides is 1. The number of halogens is 2. The predicted octanol–water partition coefficient (Wildman–Crippen LogP) is 1.59. The quantitative estimate of drug-likeness (QED) is 0.456. The van der Waals surface area contributed by atoms with Gasteiger partial charge in [0.05, 0.1) is 21.2 Å². The fourth-order valence-electron chi connectivity index (χ4n) is 1.33. The molecule has 0 spiro atoms. The van der Waals surface area contributed by atoms with E-state index in [9.17, 15) is 22.9 Å². The van der Waals surface area contributed by atoms with Crippen molar-refractivity contribution in [1.29, 1.82) is 0 Å². The smallest absolute Gasteiger partial charge is 0.295 e. The molecule has 3 N–H and O–H groups in total. The second-order valence-electron chi connectivity index (χ2n) is 3.69. The molecule has 0 atom stereocenters. The van der Waals surface area contributed by atoms with E-state index in [-0.39, 0.29) is 28.9 Å².